The molecule has 2 aliphatic heterocycles. The van der Waals surface area contributed by atoms with Crippen LogP contribution in [0, 0.1) is 0 Å². The maximum Gasteiger partial charge on any atom is 0.274 e. The van der Waals surface area contributed by atoms with Crippen LogP contribution < -0.4 is 5.56 Å². The van der Waals surface area contributed by atoms with E-state index in [1.807, 2.05) is 4.90 Å². The molecule has 0 bridgehead atoms. The van der Waals surface area contributed by atoms with Gasteiger partial charge in [-0.3, -0.25) is 14.5 Å². The average molecular weight is 346 g/mol. The Balaban J connectivity index is 1.78. The summed E-state index contributed by atoms with van der Waals surface area (Å²) in [6, 6.07) is 3.83. The summed E-state index contributed by atoms with van der Waals surface area (Å²) < 4.78 is 1.44. The average Bonchev–Trinajstić information content (AvgIpc) is 3.28. The lowest BCUT2D eigenvalue weighted by Crippen LogP contribution is -2.48. The molecule has 3 heterocycles. The van der Waals surface area contributed by atoms with E-state index in [2.05, 4.69) is 23.8 Å². The molecule has 0 N–H and O–H groups in total. The minimum atomic E-state index is -0.129. The van der Waals surface area contributed by atoms with E-state index < -0.39 is 0 Å². The number of likely N-dealkylation sites (N-methyl/N-ethyl adjacent to an activating group) is 1. The predicted molar refractivity (Wildman–Crippen MR) is 97.7 cm³/mol. The van der Waals surface area contributed by atoms with Gasteiger partial charge in [-0.1, -0.05) is 20.3 Å². The second-order valence-corrected chi connectivity index (χ2v) is 7.18. The van der Waals surface area contributed by atoms with Gasteiger partial charge in [-0.05, 0) is 51.3 Å². The van der Waals surface area contributed by atoms with E-state index in [1.54, 1.807) is 6.07 Å². The third-order valence-corrected chi connectivity index (χ3v) is 5.63. The van der Waals surface area contributed by atoms with E-state index in [0.717, 1.165) is 45.3 Å². The zero-order valence-corrected chi connectivity index (χ0v) is 15.5. The molecule has 0 spiro atoms. The van der Waals surface area contributed by atoms with E-state index in [-0.39, 0.29) is 17.5 Å². The van der Waals surface area contributed by atoms with Crippen LogP contribution in [0.1, 0.15) is 62.9 Å². The van der Waals surface area contributed by atoms with Crippen molar-refractivity contribution in [2.45, 2.75) is 71.0 Å². The summed E-state index contributed by atoms with van der Waals surface area (Å²) in [4.78, 5) is 29.5. The Morgan fingerprint density at radius 2 is 1.92 bits per heavy atom. The summed E-state index contributed by atoms with van der Waals surface area (Å²) in [6.45, 7) is 7.84. The first kappa shape index (κ1) is 18.1. The lowest BCUT2D eigenvalue weighted by molar-refractivity contribution is 0.0641. The molecular formula is C19H30N4O2. The number of nitrogens with zero attached hydrogens (tertiary/aromatic N) is 4. The highest BCUT2D eigenvalue weighted by Crippen LogP contribution is 2.30. The molecule has 1 amide bonds. The first-order valence-electron chi connectivity index (χ1n) is 9.79. The number of aryl methyl sites for hydroxylation is 1. The number of hydrogen-bond acceptors (Lipinski definition) is 4. The van der Waals surface area contributed by atoms with Gasteiger partial charge in [0.05, 0.1) is 0 Å². The first-order valence-corrected chi connectivity index (χ1v) is 9.79. The van der Waals surface area contributed by atoms with Crippen LogP contribution in [0.3, 0.4) is 0 Å². The van der Waals surface area contributed by atoms with Gasteiger partial charge >= 0.3 is 0 Å². The molecule has 2 unspecified atom stereocenters. The SMILES string of the molecule is CCCCn1nc(C(=O)N2CCCC2C2CCCN2CC)ccc1=O. The van der Waals surface area contributed by atoms with Gasteiger partial charge in [-0.2, -0.15) is 5.10 Å². The quantitative estimate of drug-likeness (QED) is 0.792. The van der Waals surface area contributed by atoms with Crippen molar-refractivity contribution < 1.29 is 4.79 Å². The highest BCUT2D eigenvalue weighted by molar-refractivity contribution is 5.92. The number of carbonyl (C=O) groups is 1. The number of rotatable bonds is 6. The van der Waals surface area contributed by atoms with Crippen LogP contribution in [-0.4, -0.2) is 57.2 Å². The van der Waals surface area contributed by atoms with Gasteiger partial charge in [0, 0.05) is 31.2 Å². The van der Waals surface area contributed by atoms with Gasteiger partial charge in [0.25, 0.3) is 11.5 Å². The molecule has 6 heteroatoms. The van der Waals surface area contributed by atoms with Gasteiger partial charge in [0.1, 0.15) is 5.69 Å². The van der Waals surface area contributed by atoms with Crippen molar-refractivity contribution in [3.8, 4) is 0 Å². The number of aromatic nitrogens is 2. The number of carbonyl (C=O) groups excluding carboxylic acids is 1. The summed E-state index contributed by atoms with van der Waals surface area (Å²) in [6.07, 6.45) is 6.41. The van der Waals surface area contributed by atoms with E-state index in [9.17, 15) is 9.59 Å². The minimum absolute atomic E-state index is 0.0179. The molecule has 2 saturated heterocycles. The zero-order chi connectivity index (χ0) is 17.8. The summed E-state index contributed by atoms with van der Waals surface area (Å²) in [5.74, 6) is -0.0179. The van der Waals surface area contributed by atoms with Crippen LogP contribution in [0.4, 0.5) is 0 Å². The standard InChI is InChI=1S/C19H30N4O2/c1-3-5-14-23-18(24)11-10-15(20-23)19(25)22-13-7-9-17(22)16-8-6-12-21(16)4-2/h10-11,16-17H,3-9,12-14H2,1-2H3. The van der Waals surface area contributed by atoms with Crippen molar-refractivity contribution in [2.75, 3.05) is 19.6 Å². The fourth-order valence-corrected chi connectivity index (χ4v) is 4.30. The third kappa shape index (κ3) is 3.78. The Morgan fingerprint density at radius 3 is 2.68 bits per heavy atom. The zero-order valence-electron chi connectivity index (χ0n) is 15.5. The van der Waals surface area contributed by atoms with Crippen molar-refractivity contribution in [1.82, 2.24) is 19.6 Å². The Kier molecular flexibility index (Phi) is 5.89. The van der Waals surface area contributed by atoms with Crippen LogP contribution in [0.15, 0.2) is 16.9 Å². The topological polar surface area (TPSA) is 58.4 Å². The fraction of sp³-hybridized carbons (Fsp3) is 0.737. The predicted octanol–water partition coefficient (Wildman–Crippen LogP) is 2.13. The number of hydrogen-bond donors (Lipinski definition) is 0. The van der Waals surface area contributed by atoms with Gasteiger partial charge in [0.2, 0.25) is 0 Å². The summed E-state index contributed by atoms with van der Waals surface area (Å²) in [7, 11) is 0. The lowest BCUT2D eigenvalue weighted by Gasteiger charge is -2.34. The molecule has 0 aromatic carbocycles. The second-order valence-electron chi connectivity index (χ2n) is 7.18. The van der Waals surface area contributed by atoms with E-state index in [4.69, 9.17) is 0 Å². The Bertz CT molecular complexity index is 657. The maximum absolute atomic E-state index is 13.1. The van der Waals surface area contributed by atoms with Crippen molar-refractivity contribution >= 4 is 5.91 Å². The molecule has 6 nitrogen and oxygen atoms in total. The van der Waals surface area contributed by atoms with Crippen molar-refractivity contribution in [2.24, 2.45) is 0 Å². The first-order chi connectivity index (χ1) is 12.2. The Labute approximate surface area is 149 Å². The molecule has 3 rings (SSSR count). The highest BCUT2D eigenvalue weighted by atomic mass is 16.2. The summed E-state index contributed by atoms with van der Waals surface area (Å²) >= 11 is 0. The van der Waals surface area contributed by atoms with Crippen molar-refractivity contribution in [1.29, 1.82) is 0 Å². The molecular weight excluding hydrogens is 316 g/mol. The number of unbranched alkanes of at least 4 members (excludes halogenated alkanes) is 1. The van der Waals surface area contributed by atoms with E-state index >= 15 is 0 Å². The fourth-order valence-electron chi connectivity index (χ4n) is 4.30. The normalized spacial score (nSPS) is 24.2. The molecule has 2 fully saturated rings. The molecule has 0 radical (unpaired) electrons. The highest BCUT2D eigenvalue weighted by Gasteiger charge is 2.39. The smallest absolute Gasteiger partial charge is 0.274 e. The van der Waals surface area contributed by atoms with Crippen LogP contribution >= 0.6 is 0 Å². The second kappa shape index (κ2) is 8.13. The van der Waals surface area contributed by atoms with Gasteiger partial charge in [0.15, 0.2) is 0 Å². The molecule has 1 aromatic heterocycles. The molecule has 1 aromatic rings. The molecule has 0 saturated carbocycles. The molecule has 138 valence electrons. The number of amides is 1. The monoisotopic (exact) mass is 346 g/mol. The third-order valence-electron chi connectivity index (χ3n) is 5.63. The minimum Gasteiger partial charge on any atom is -0.333 e. The van der Waals surface area contributed by atoms with Crippen molar-refractivity contribution in [3.63, 3.8) is 0 Å². The maximum atomic E-state index is 13.1. The van der Waals surface area contributed by atoms with Gasteiger partial charge in [-0.25, -0.2) is 4.68 Å². The van der Waals surface area contributed by atoms with Crippen molar-refractivity contribution in [3.05, 3.63) is 28.2 Å². The number of likely N-dealkylation sites (tertiary alicyclic amines) is 2. The molecule has 2 aliphatic rings. The molecule has 2 atom stereocenters. The van der Waals surface area contributed by atoms with Crippen LogP contribution in [-0.2, 0) is 6.54 Å². The molecule has 25 heavy (non-hydrogen) atoms. The molecule has 0 aliphatic carbocycles. The van der Waals surface area contributed by atoms with Crippen LogP contribution in [0.25, 0.3) is 0 Å². The van der Waals surface area contributed by atoms with E-state index in [0.29, 0.717) is 18.3 Å². The Morgan fingerprint density at radius 1 is 1.16 bits per heavy atom. The lowest BCUT2D eigenvalue weighted by atomic mass is 10.0. The summed E-state index contributed by atoms with van der Waals surface area (Å²) in [5.41, 5.74) is 0.277. The van der Waals surface area contributed by atoms with Crippen LogP contribution in [0.2, 0.25) is 0 Å². The van der Waals surface area contributed by atoms with Crippen LogP contribution in [0.5, 0.6) is 0 Å². The summed E-state index contributed by atoms with van der Waals surface area (Å²) in [5, 5.41) is 4.35. The largest absolute Gasteiger partial charge is 0.333 e. The van der Waals surface area contributed by atoms with E-state index in [1.165, 1.54) is 23.6 Å². The Hall–Kier alpha value is -1.69. The van der Waals surface area contributed by atoms with Gasteiger partial charge < -0.3 is 4.90 Å². The van der Waals surface area contributed by atoms with Gasteiger partial charge in [-0.15, -0.1) is 0 Å².